The number of allylic oxidation sites excluding steroid dienone is 18. The third kappa shape index (κ3) is 56.9. The first-order valence-electron chi connectivity index (χ1n) is 29.4. The molecule has 0 saturated carbocycles. The summed E-state index contributed by atoms with van der Waals surface area (Å²) in [6, 6.07) is 0. The summed E-state index contributed by atoms with van der Waals surface area (Å²) in [7, 11) is 0. The van der Waals surface area contributed by atoms with Gasteiger partial charge in [-0.05, 0) is 122 Å². The summed E-state index contributed by atoms with van der Waals surface area (Å²) in [6.45, 7) is 6.43. The Kier molecular flexibility index (Phi) is 55.4. The summed E-state index contributed by atoms with van der Waals surface area (Å²) in [5.41, 5.74) is 0. The lowest BCUT2D eigenvalue weighted by Crippen LogP contribution is -2.30. The second kappa shape index (κ2) is 58.6. The van der Waals surface area contributed by atoms with Crippen LogP contribution < -0.4 is 0 Å². The van der Waals surface area contributed by atoms with E-state index in [0.29, 0.717) is 19.3 Å². The lowest BCUT2D eigenvalue weighted by molar-refractivity contribution is -0.167. The molecule has 0 amide bonds. The maximum absolute atomic E-state index is 12.8. The van der Waals surface area contributed by atoms with Gasteiger partial charge in [0.2, 0.25) is 0 Å². The van der Waals surface area contributed by atoms with Crippen molar-refractivity contribution in [2.24, 2.45) is 0 Å². The largest absolute Gasteiger partial charge is 0.462 e. The van der Waals surface area contributed by atoms with Gasteiger partial charge in [0.1, 0.15) is 13.2 Å². The van der Waals surface area contributed by atoms with E-state index in [-0.39, 0.29) is 37.5 Å². The Morgan fingerprint density at radius 1 is 0.296 bits per heavy atom. The first-order chi connectivity index (χ1) is 35.0. The number of hydrogen-bond acceptors (Lipinski definition) is 6. The molecule has 0 heterocycles. The zero-order chi connectivity index (χ0) is 51.4. The second-order valence-corrected chi connectivity index (χ2v) is 19.2. The standard InChI is InChI=1S/C65H108O6/c1-4-7-10-13-16-19-22-25-28-31-32-35-37-40-43-46-49-52-55-58-64(67)70-61-62(71-65(68)59-56-53-50-47-44-41-38-34-30-27-24-21-18-15-12-9-6-3)60-69-63(66)57-54-51-48-45-42-39-36-33-29-26-23-20-17-14-11-8-5-2/h9,12,16-21,25-30,38,41,47,50,62H,4-8,10-11,13-15,22-24,31-37,39-40,42-46,48-49,51-61H2,1-3H3/b12-9+,19-16+,20-17+,21-18+,28-25+,29-26+,30-27+,41-38+,50-47+/t62-/m1/s1. The molecular weight excluding hydrogens is 877 g/mol. The Morgan fingerprint density at radius 3 is 0.901 bits per heavy atom. The van der Waals surface area contributed by atoms with Crippen molar-refractivity contribution in [1.82, 2.24) is 0 Å². The summed E-state index contributed by atoms with van der Waals surface area (Å²) >= 11 is 0. The third-order valence-corrected chi connectivity index (χ3v) is 12.2. The van der Waals surface area contributed by atoms with E-state index in [1.54, 1.807) is 0 Å². The van der Waals surface area contributed by atoms with Crippen molar-refractivity contribution in [1.29, 1.82) is 0 Å². The first-order valence-corrected chi connectivity index (χ1v) is 29.4. The Hall–Kier alpha value is -3.93. The van der Waals surface area contributed by atoms with Gasteiger partial charge in [-0.15, -0.1) is 0 Å². The van der Waals surface area contributed by atoms with Gasteiger partial charge < -0.3 is 14.2 Å². The Labute approximate surface area is 438 Å². The van der Waals surface area contributed by atoms with Crippen LogP contribution in [0.25, 0.3) is 0 Å². The number of carbonyl (C=O) groups is 3. The minimum Gasteiger partial charge on any atom is -0.462 e. The molecule has 71 heavy (non-hydrogen) atoms. The molecular formula is C65H108O6. The van der Waals surface area contributed by atoms with Crippen LogP contribution in [0.1, 0.15) is 265 Å². The fourth-order valence-electron chi connectivity index (χ4n) is 7.83. The summed E-state index contributed by atoms with van der Waals surface area (Å²) < 4.78 is 16.8. The molecule has 0 bridgehead atoms. The molecule has 0 radical (unpaired) electrons. The van der Waals surface area contributed by atoms with Gasteiger partial charge in [-0.1, -0.05) is 233 Å². The van der Waals surface area contributed by atoms with E-state index in [4.69, 9.17) is 14.2 Å². The van der Waals surface area contributed by atoms with Crippen LogP contribution in [0, 0.1) is 0 Å². The van der Waals surface area contributed by atoms with Gasteiger partial charge in [-0.3, -0.25) is 14.4 Å². The highest BCUT2D eigenvalue weighted by molar-refractivity contribution is 5.71. The normalized spacial score (nSPS) is 12.9. The molecule has 0 saturated heterocycles. The highest BCUT2D eigenvalue weighted by atomic mass is 16.6. The van der Waals surface area contributed by atoms with E-state index in [1.807, 2.05) is 0 Å². The van der Waals surface area contributed by atoms with E-state index in [2.05, 4.69) is 130 Å². The molecule has 0 aromatic carbocycles. The van der Waals surface area contributed by atoms with Crippen molar-refractivity contribution in [3.05, 3.63) is 109 Å². The summed E-state index contributed by atoms with van der Waals surface area (Å²) in [5, 5.41) is 0. The van der Waals surface area contributed by atoms with Crippen LogP contribution in [0.4, 0.5) is 0 Å². The quantitative estimate of drug-likeness (QED) is 0.0261. The van der Waals surface area contributed by atoms with Crippen LogP contribution in [0.2, 0.25) is 0 Å². The second-order valence-electron chi connectivity index (χ2n) is 19.2. The average molecular weight is 986 g/mol. The number of ether oxygens (including phenoxy) is 3. The summed E-state index contributed by atoms with van der Waals surface area (Å²) in [5.74, 6) is -0.975. The average Bonchev–Trinajstić information content (AvgIpc) is 3.37. The molecule has 0 unspecified atom stereocenters. The molecule has 0 aliphatic rings. The smallest absolute Gasteiger partial charge is 0.306 e. The zero-order valence-electron chi connectivity index (χ0n) is 46.2. The van der Waals surface area contributed by atoms with Crippen LogP contribution in [0.15, 0.2) is 109 Å². The topological polar surface area (TPSA) is 78.9 Å². The van der Waals surface area contributed by atoms with Crippen molar-refractivity contribution in [2.75, 3.05) is 13.2 Å². The van der Waals surface area contributed by atoms with Crippen molar-refractivity contribution in [3.63, 3.8) is 0 Å². The fourth-order valence-corrected chi connectivity index (χ4v) is 7.83. The molecule has 0 aromatic heterocycles. The van der Waals surface area contributed by atoms with Gasteiger partial charge in [0.25, 0.3) is 0 Å². The molecule has 0 aliphatic carbocycles. The number of hydrogen-bond donors (Lipinski definition) is 0. The molecule has 6 heteroatoms. The van der Waals surface area contributed by atoms with Crippen LogP contribution in [-0.4, -0.2) is 37.2 Å². The van der Waals surface area contributed by atoms with Crippen molar-refractivity contribution < 1.29 is 28.6 Å². The minimum absolute atomic E-state index is 0.107. The van der Waals surface area contributed by atoms with Crippen LogP contribution in [0.5, 0.6) is 0 Å². The number of esters is 3. The van der Waals surface area contributed by atoms with E-state index in [1.165, 1.54) is 122 Å². The van der Waals surface area contributed by atoms with Gasteiger partial charge in [0, 0.05) is 19.3 Å². The van der Waals surface area contributed by atoms with Gasteiger partial charge in [-0.25, -0.2) is 0 Å². The minimum atomic E-state index is -0.816. The van der Waals surface area contributed by atoms with E-state index < -0.39 is 6.10 Å². The number of rotatable bonds is 52. The van der Waals surface area contributed by atoms with Gasteiger partial charge >= 0.3 is 17.9 Å². The van der Waals surface area contributed by atoms with Crippen molar-refractivity contribution >= 4 is 17.9 Å². The molecule has 404 valence electrons. The van der Waals surface area contributed by atoms with E-state index >= 15 is 0 Å². The zero-order valence-corrected chi connectivity index (χ0v) is 46.2. The van der Waals surface area contributed by atoms with Crippen molar-refractivity contribution in [3.8, 4) is 0 Å². The predicted molar refractivity (Wildman–Crippen MR) is 307 cm³/mol. The molecule has 0 aromatic rings. The molecule has 0 spiro atoms. The highest BCUT2D eigenvalue weighted by Gasteiger charge is 2.19. The fraction of sp³-hybridized carbons (Fsp3) is 0.677. The molecule has 0 aliphatic heterocycles. The molecule has 0 fully saturated rings. The highest BCUT2D eigenvalue weighted by Crippen LogP contribution is 2.14. The van der Waals surface area contributed by atoms with Gasteiger partial charge in [0.05, 0.1) is 0 Å². The molecule has 1 atom stereocenters. The molecule has 0 rings (SSSR count). The number of unbranched alkanes of at least 4 members (excludes halogenated alkanes) is 23. The Balaban J connectivity index is 4.49. The molecule has 0 N–H and O–H groups in total. The maximum Gasteiger partial charge on any atom is 0.306 e. The Bertz CT molecular complexity index is 1460. The summed E-state index contributed by atoms with van der Waals surface area (Å²) in [6.07, 6.45) is 79.4. The first kappa shape index (κ1) is 67.1. The monoisotopic (exact) mass is 985 g/mol. The summed E-state index contributed by atoms with van der Waals surface area (Å²) in [4.78, 5) is 38.2. The third-order valence-electron chi connectivity index (χ3n) is 12.2. The number of carbonyl (C=O) groups excluding carboxylic acids is 3. The lowest BCUT2D eigenvalue weighted by Gasteiger charge is -2.18. The Morgan fingerprint density at radius 2 is 0.563 bits per heavy atom. The van der Waals surface area contributed by atoms with E-state index in [9.17, 15) is 14.4 Å². The van der Waals surface area contributed by atoms with E-state index in [0.717, 1.165) is 96.3 Å². The van der Waals surface area contributed by atoms with Crippen LogP contribution in [0.3, 0.4) is 0 Å². The van der Waals surface area contributed by atoms with Crippen LogP contribution in [-0.2, 0) is 28.6 Å². The van der Waals surface area contributed by atoms with Crippen LogP contribution >= 0.6 is 0 Å². The predicted octanol–water partition coefficient (Wildman–Crippen LogP) is 19.9. The maximum atomic E-state index is 12.8. The van der Waals surface area contributed by atoms with Gasteiger partial charge in [-0.2, -0.15) is 0 Å². The molecule has 6 nitrogen and oxygen atoms in total. The van der Waals surface area contributed by atoms with Crippen molar-refractivity contribution in [2.45, 2.75) is 271 Å². The van der Waals surface area contributed by atoms with Gasteiger partial charge in [0.15, 0.2) is 6.10 Å². The lowest BCUT2D eigenvalue weighted by atomic mass is 10.1. The SMILES string of the molecule is CC/C=C/C/C=C/C/C=C/C/C=C/C/C=C/CCCC(=O)O[C@H](COC(=O)CCCCCCCCC/C=C/C/C=C/CCCCC)COC(=O)CCCCCCCCCCC/C=C/C/C=C/CCCCC.